The Kier molecular flexibility index (Phi) is 8.94. The fourth-order valence-electron chi connectivity index (χ4n) is 4.02. The normalized spacial score (nSPS) is 12.6. The van der Waals surface area contributed by atoms with Crippen molar-refractivity contribution < 1.29 is 23.9 Å². The van der Waals surface area contributed by atoms with Gasteiger partial charge in [0.2, 0.25) is 0 Å². The molecule has 9 heteroatoms. The third-order valence-electron chi connectivity index (χ3n) is 6.21. The molecule has 1 aromatic heterocycles. The third-order valence-corrected chi connectivity index (χ3v) is 6.21. The maximum atomic E-state index is 11.0. The van der Waals surface area contributed by atoms with Gasteiger partial charge in [-0.2, -0.15) is 0 Å². The molecule has 0 spiro atoms. The summed E-state index contributed by atoms with van der Waals surface area (Å²) in [6, 6.07) is 12.0. The van der Waals surface area contributed by atoms with Crippen molar-refractivity contribution in [3.63, 3.8) is 0 Å². The summed E-state index contributed by atoms with van der Waals surface area (Å²) in [7, 11) is 4.88. The van der Waals surface area contributed by atoms with E-state index in [0.29, 0.717) is 29.9 Å². The summed E-state index contributed by atoms with van der Waals surface area (Å²) in [5, 5.41) is 11.0. The average molecular weight is 484 g/mol. The van der Waals surface area contributed by atoms with E-state index in [1.807, 2.05) is 30.3 Å². The molecule has 0 radical (unpaired) electrons. The third kappa shape index (κ3) is 6.65. The maximum Gasteiger partial charge on any atom is 0.434 e. The van der Waals surface area contributed by atoms with Gasteiger partial charge < -0.3 is 29.1 Å². The van der Waals surface area contributed by atoms with E-state index in [2.05, 4.69) is 24.9 Å². The molecule has 0 saturated carbocycles. The lowest BCUT2D eigenvalue weighted by atomic mass is 9.85. The van der Waals surface area contributed by atoms with Crippen LogP contribution in [0, 0.1) is 22.0 Å². The Morgan fingerprint density at radius 1 is 0.886 bits per heavy atom. The lowest BCUT2D eigenvalue weighted by Crippen LogP contribution is -2.14. The van der Waals surface area contributed by atoms with E-state index in [4.69, 9.17) is 18.9 Å². The van der Waals surface area contributed by atoms with E-state index in [1.54, 1.807) is 27.5 Å². The Hall–Kier alpha value is -3.75. The summed E-state index contributed by atoms with van der Waals surface area (Å²) in [6.07, 6.45) is 4.77. The van der Waals surface area contributed by atoms with Crippen LogP contribution in [0.4, 0.5) is 5.95 Å². The first-order valence-corrected chi connectivity index (χ1v) is 11.5. The first-order valence-electron chi connectivity index (χ1n) is 11.5. The second-order valence-corrected chi connectivity index (χ2v) is 8.56. The van der Waals surface area contributed by atoms with Crippen LogP contribution in [0.25, 0.3) is 0 Å². The minimum absolute atomic E-state index is 0.202. The van der Waals surface area contributed by atoms with E-state index in [0.717, 1.165) is 29.9 Å². The predicted octanol–water partition coefficient (Wildman–Crippen LogP) is 4.95. The lowest BCUT2D eigenvalue weighted by Gasteiger charge is -2.21. The van der Waals surface area contributed by atoms with Crippen molar-refractivity contribution in [3.8, 4) is 23.0 Å². The van der Waals surface area contributed by atoms with Crippen molar-refractivity contribution in [1.82, 2.24) is 9.55 Å². The molecule has 9 nitrogen and oxygen atoms in total. The molecule has 0 N–H and O–H groups in total. The Balaban J connectivity index is 1.62. The van der Waals surface area contributed by atoms with Crippen LogP contribution in [0.2, 0.25) is 0 Å². The van der Waals surface area contributed by atoms with Crippen LogP contribution in [0.3, 0.4) is 0 Å². The fourth-order valence-corrected chi connectivity index (χ4v) is 4.02. The number of ether oxygens (including phenoxy) is 4. The van der Waals surface area contributed by atoms with Gasteiger partial charge in [-0.3, -0.25) is 0 Å². The van der Waals surface area contributed by atoms with Crippen molar-refractivity contribution in [3.05, 3.63) is 70.0 Å². The topological polar surface area (TPSA) is 97.9 Å². The van der Waals surface area contributed by atoms with E-state index < -0.39 is 4.92 Å². The van der Waals surface area contributed by atoms with Gasteiger partial charge in [0.15, 0.2) is 23.0 Å². The number of hydrogen-bond donors (Lipinski definition) is 0. The van der Waals surface area contributed by atoms with Gasteiger partial charge in [0, 0.05) is 0 Å². The van der Waals surface area contributed by atoms with Gasteiger partial charge in [0.05, 0.1) is 21.3 Å². The van der Waals surface area contributed by atoms with Crippen LogP contribution in [0.1, 0.15) is 25.0 Å². The molecule has 3 aromatic rings. The Bertz CT molecular complexity index is 1130. The van der Waals surface area contributed by atoms with Crippen molar-refractivity contribution >= 4 is 5.95 Å². The SMILES string of the molecule is COc1ccc(C[C@H](C)[C@H](C)Cc2ccc(OC)c(OCCn3ccnc3[N+](=O)[O-])c2)cc1OC. The Labute approximate surface area is 205 Å². The molecule has 0 unspecified atom stereocenters. The highest BCUT2D eigenvalue weighted by molar-refractivity contribution is 5.44. The lowest BCUT2D eigenvalue weighted by molar-refractivity contribution is -0.396. The maximum absolute atomic E-state index is 11.0. The molecule has 2 aromatic carbocycles. The summed E-state index contributed by atoms with van der Waals surface area (Å²) in [5.41, 5.74) is 2.34. The van der Waals surface area contributed by atoms with Gasteiger partial charge in [-0.15, -0.1) is 0 Å². The second kappa shape index (κ2) is 12.1. The number of aromatic nitrogens is 2. The van der Waals surface area contributed by atoms with Gasteiger partial charge in [-0.25, -0.2) is 4.57 Å². The number of imidazole rings is 1. The molecule has 0 aliphatic heterocycles. The zero-order valence-electron chi connectivity index (χ0n) is 20.9. The van der Waals surface area contributed by atoms with Crippen molar-refractivity contribution in [1.29, 1.82) is 0 Å². The highest BCUT2D eigenvalue weighted by Gasteiger charge is 2.17. The van der Waals surface area contributed by atoms with Crippen LogP contribution in [0.15, 0.2) is 48.8 Å². The van der Waals surface area contributed by atoms with Crippen LogP contribution in [0.5, 0.6) is 23.0 Å². The van der Waals surface area contributed by atoms with E-state index in [9.17, 15) is 10.1 Å². The highest BCUT2D eigenvalue weighted by atomic mass is 16.6. The molecule has 0 bridgehead atoms. The number of hydrogen-bond acceptors (Lipinski definition) is 7. The molecule has 3 rings (SSSR count). The molecule has 0 aliphatic rings. The largest absolute Gasteiger partial charge is 0.493 e. The highest BCUT2D eigenvalue weighted by Crippen LogP contribution is 2.32. The molecule has 0 fully saturated rings. The molecular weight excluding hydrogens is 450 g/mol. The van der Waals surface area contributed by atoms with Gasteiger partial charge >= 0.3 is 5.95 Å². The summed E-state index contributed by atoms with van der Waals surface area (Å²) in [4.78, 5) is 14.3. The van der Waals surface area contributed by atoms with Crippen molar-refractivity contribution in [2.45, 2.75) is 33.2 Å². The molecule has 0 amide bonds. The standard InChI is InChI=1S/C26H33N3O6/c1-18(14-20-6-8-22(32-3)24(16-20)34-5)19(2)15-21-7-9-23(33-4)25(17-21)35-13-12-28-11-10-27-26(28)29(30)31/h6-11,16-19H,12-15H2,1-5H3/t18-,19+/m0/s1. The zero-order chi connectivity index (χ0) is 25.4. The van der Waals surface area contributed by atoms with Crippen LogP contribution in [-0.4, -0.2) is 42.4 Å². The molecule has 0 saturated heterocycles. The first kappa shape index (κ1) is 25.9. The Morgan fingerprint density at radius 3 is 1.97 bits per heavy atom. The van der Waals surface area contributed by atoms with Crippen LogP contribution < -0.4 is 18.9 Å². The monoisotopic (exact) mass is 483 g/mol. The van der Waals surface area contributed by atoms with Gasteiger partial charge in [-0.1, -0.05) is 31.0 Å². The van der Waals surface area contributed by atoms with Gasteiger partial charge in [-0.05, 0) is 65.0 Å². The zero-order valence-corrected chi connectivity index (χ0v) is 20.9. The molecule has 1 heterocycles. The molecule has 0 aliphatic carbocycles. The average Bonchev–Trinajstić information content (AvgIpc) is 3.33. The summed E-state index contributed by atoms with van der Waals surface area (Å²) >= 11 is 0. The molecule has 188 valence electrons. The van der Waals surface area contributed by atoms with E-state index in [1.165, 1.54) is 16.3 Å². The Morgan fingerprint density at radius 2 is 1.43 bits per heavy atom. The fraction of sp³-hybridized carbons (Fsp3) is 0.423. The van der Waals surface area contributed by atoms with Crippen LogP contribution in [-0.2, 0) is 19.4 Å². The minimum atomic E-state index is -0.508. The summed E-state index contributed by atoms with van der Waals surface area (Å²) < 4.78 is 23.6. The smallest absolute Gasteiger partial charge is 0.434 e. The van der Waals surface area contributed by atoms with Gasteiger partial charge in [0.1, 0.15) is 25.5 Å². The predicted molar refractivity (Wildman–Crippen MR) is 133 cm³/mol. The number of nitrogens with zero attached hydrogens (tertiary/aromatic N) is 3. The van der Waals surface area contributed by atoms with Gasteiger partial charge in [0.25, 0.3) is 0 Å². The number of benzene rings is 2. The number of rotatable bonds is 13. The summed E-state index contributed by atoms with van der Waals surface area (Å²) in [5.74, 6) is 3.35. The van der Waals surface area contributed by atoms with Crippen molar-refractivity contribution in [2.24, 2.45) is 11.8 Å². The molecule has 2 atom stereocenters. The van der Waals surface area contributed by atoms with E-state index in [-0.39, 0.29) is 12.6 Å². The summed E-state index contributed by atoms with van der Waals surface area (Å²) in [6.45, 7) is 5.05. The molecule has 35 heavy (non-hydrogen) atoms. The first-order chi connectivity index (χ1) is 16.9. The molecular formula is C26H33N3O6. The number of methoxy groups -OCH3 is 3. The number of nitro groups is 1. The minimum Gasteiger partial charge on any atom is -0.493 e. The second-order valence-electron chi connectivity index (χ2n) is 8.56. The van der Waals surface area contributed by atoms with E-state index >= 15 is 0 Å². The quantitative estimate of drug-likeness (QED) is 0.250. The van der Waals surface area contributed by atoms with Crippen LogP contribution >= 0.6 is 0 Å². The van der Waals surface area contributed by atoms with Crippen molar-refractivity contribution in [2.75, 3.05) is 27.9 Å².